The van der Waals surface area contributed by atoms with E-state index in [9.17, 15) is 9.59 Å². The molecule has 124 valence electrons. The Labute approximate surface area is 136 Å². The van der Waals surface area contributed by atoms with Gasteiger partial charge < -0.3 is 15.4 Å². The second kappa shape index (κ2) is 7.44. The molecule has 6 heteroatoms. The molecule has 1 aromatic rings. The molecule has 1 aliphatic heterocycles. The van der Waals surface area contributed by atoms with Crippen molar-refractivity contribution in [2.45, 2.75) is 51.2 Å². The highest BCUT2D eigenvalue weighted by molar-refractivity contribution is 5.83. The summed E-state index contributed by atoms with van der Waals surface area (Å²) < 4.78 is 5.88. The van der Waals surface area contributed by atoms with E-state index in [-0.39, 0.29) is 23.8 Å². The topological polar surface area (TPSA) is 80.3 Å². The highest BCUT2D eigenvalue weighted by atomic mass is 16.5. The zero-order chi connectivity index (χ0) is 16.1. The number of piperidine rings is 1. The van der Waals surface area contributed by atoms with Crippen LogP contribution in [0.25, 0.3) is 0 Å². The normalized spacial score (nSPS) is 21.7. The Hall–Kier alpha value is -2.11. The van der Waals surface area contributed by atoms with Gasteiger partial charge in [-0.15, -0.1) is 0 Å². The first-order chi connectivity index (χ1) is 11.2. The smallest absolute Gasteiger partial charge is 0.225 e. The van der Waals surface area contributed by atoms with Gasteiger partial charge in [-0.05, 0) is 43.7 Å². The molecule has 2 aliphatic rings. The Morgan fingerprint density at radius 3 is 2.91 bits per heavy atom. The van der Waals surface area contributed by atoms with Crippen molar-refractivity contribution in [2.24, 2.45) is 5.92 Å². The van der Waals surface area contributed by atoms with E-state index in [1.807, 2.05) is 12.1 Å². The van der Waals surface area contributed by atoms with Crippen LogP contribution in [-0.2, 0) is 16.1 Å². The number of rotatable bonds is 5. The van der Waals surface area contributed by atoms with Crippen molar-refractivity contribution in [3.8, 4) is 5.88 Å². The average molecular weight is 317 g/mol. The number of aromatic nitrogens is 1. The molecule has 1 saturated heterocycles. The van der Waals surface area contributed by atoms with E-state index >= 15 is 0 Å². The minimum atomic E-state index is -0.135. The molecule has 1 aromatic heterocycles. The lowest BCUT2D eigenvalue weighted by Crippen LogP contribution is -2.42. The Morgan fingerprint density at radius 2 is 2.17 bits per heavy atom. The predicted octanol–water partition coefficient (Wildman–Crippen LogP) is 1.55. The van der Waals surface area contributed by atoms with Crippen molar-refractivity contribution in [1.82, 2.24) is 15.6 Å². The van der Waals surface area contributed by atoms with Crippen LogP contribution in [0.3, 0.4) is 0 Å². The van der Waals surface area contributed by atoms with Crippen LogP contribution in [0, 0.1) is 5.92 Å². The molecule has 0 aromatic carbocycles. The fourth-order valence-corrected chi connectivity index (χ4v) is 3.09. The summed E-state index contributed by atoms with van der Waals surface area (Å²) in [6, 6.07) is 3.77. The third kappa shape index (κ3) is 4.43. The van der Waals surface area contributed by atoms with E-state index in [0.29, 0.717) is 31.8 Å². The number of hydrogen-bond acceptors (Lipinski definition) is 4. The molecule has 2 amide bonds. The number of carbonyl (C=O) groups excluding carboxylic acids is 2. The Kier molecular flexibility index (Phi) is 5.10. The summed E-state index contributed by atoms with van der Waals surface area (Å²) >= 11 is 0. The second-order valence-electron chi connectivity index (χ2n) is 6.28. The molecule has 1 atom stereocenters. The first-order valence-corrected chi connectivity index (χ1v) is 8.37. The van der Waals surface area contributed by atoms with Crippen LogP contribution in [-0.4, -0.2) is 29.4 Å². The Morgan fingerprint density at radius 1 is 1.35 bits per heavy atom. The summed E-state index contributed by atoms with van der Waals surface area (Å²) in [6.07, 6.45) is 7.66. The molecule has 0 radical (unpaired) electrons. The first-order valence-electron chi connectivity index (χ1n) is 8.37. The van der Waals surface area contributed by atoms with Gasteiger partial charge in [-0.3, -0.25) is 9.59 Å². The maximum absolute atomic E-state index is 12.1. The van der Waals surface area contributed by atoms with Crippen molar-refractivity contribution in [2.75, 3.05) is 6.54 Å². The molecule has 0 bridgehead atoms. The summed E-state index contributed by atoms with van der Waals surface area (Å²) in [5, 5.41) is 5.66. The largest absolute Gasteiger partial charge is 0.474 e. The van der Waals surface area contributed by atoms with E-state index in [1.165, 1.54) is 12.8 Å². The molecular formula is C17H23N3O3. The zero-order valence-corrected chi connectivity index (χ0v) is 13.2. The molecular weight excluding hydrogens is 294 g/mol. The fourth-order valence-electron chi connectivity index (χ4n) is 3.09. The molecule has 2 N–H and O–H groups in total. The van der Waals surface area contributed by atoms with Gasteiger partial charge in [0.2, 0.25) is 17.7 Å². The van der Waals surface area contributed by atoms with E-state index in [0.717, 1.165) is 18.4 Å². The molecule has 2 fully saturated rings. The Balaban J connectivity index is 1.49. The van der Waals surface area contributed by atoms with Gasteiger partial charge in [0.1, 0.15) is 6.10 Å². The van der Waals surface area contributed by atoms with E-state index < -0.39 is 0 Å². The quantitative estimate of drug-likeness (QED) is 0.863. The van der Waals surface area contributed by atoms with Crippen LogP contribution < -0.4 is 15.4 Å². The molecule has 23 heavy (non-hydrogen) atoms. The number of nitrogens with one attached hydrogen (secondary N) is 2. The van der Waals surface area contributed by atoms with Crippen molar-refractivity contribution in [3.63, 3.8) is 0 Å². The maximum Gasteiger partial charge on any atom is 0.225 e. The van der Waals surface area contributed by atoms with Gasteiger partial charge in [-0.1, -0.05) is 0 Å². The van der Waals surface area contributed by atoms with Crippen LogP contribution in [0.1, 0.15) is 44.1 Å². The summed E-state index contributed by atoms with van der Waals surface area (Å²) in [5.41, 5.74) is 0.973. The van der Waals surface area contributed by atoms with Gasteiger partial charge in [0.25, 0.3) is 0 Å². The summed E-state index contributed by atoms with van der Waals surface area (Å²) in [5.74, 6) is 0.509. The van der Waals surface area contributed by atoms with Gasteiger partial charge in [-0.25, -0.2) is 4.98 Å². The molecule has 2 heterocycles. The van der Waals surface area contributed by atoms with Crippen LogP contribution in [0.15, 0.2) is 18.3 Å². The monoisotopic (exact) mass is 317 g/mol. The van der Waals surface area contributed by atoms with E-state index in [2.05, 4.69) is 15.6 Å². The highest BCUT2D eigenvalue weighted by Gasteiger charge is 2.24. The van der Waals surface area contributed by atoms with Gasteiger partial charge in [0, 0.05) is 31.8 Å². The molecule has 1 aliphatic carbocycles. The number of hydrogen-bond donors (Lipinski definition) is 2. The molecule has 3 rings (SSSR count). The summed E-state index contributed by atoms with van der Waals surface area (Å²) in [7, 11) is 0. The SMILES string of the molecule is O=C1CC[C@@H](C(=O)NCc2ccnc(OC3CCCC3)c2)CN1. The van der Waals surface area contributed by atoms with Crippen molar-refractivity contribution >= 4 is 11.8 Å². The maximum atomic E-state index is 12.1. The summed E-state index contributed by atoms with van der Waals surface area (Å²) in [6.45, 7) is 0.879. The second-order valence-corrected chi connectivity index (χ2v) is 6.28. The average Bonchev–Trinajstić information content (AvgIpc) is 3.07. The Bertz CT molecular complexity index is 560. The van der Waals surface area contributed by atoms with Gasteiger partial charge in [0.15, 0.2) is 0 Å². The third-order valence-corrected chi connectivity index (χ3v) is 4.49. The predicted molar refractivity (Wildman–Crippen MR) is 84.7 cm³/mol. The number of ether oxygens (including phenoxy) is 1. The molecule has 1 saturated carbocycles. The van der Waals surface area contributed by atoms with Crippen LogP contribution >= 0.6 is 0 Å². The van der Waals surface area contributed by atoms with E-state index in [4.69, 9.17) is 4.74 Å². The highest BCUT2D eigenvalue weighted by Crippen LogP contribution is 2.23. The molecule has 0 spiro atoms. The number of amides is 2. The lowest BCUT2D eigenvalue weighted by Gasteiger charge is -2.21. The third-order valence-electron chi connectivity index (χ3n) is 4.49. The summed E-state index contributed by atoms with van der Waals surface area (Å²) in [4.78, 5) is 27.5. The zero-order valence-electron chi connectivity index (χ0n) is 13.2. The minimum absolute atomic E-state index is 0.0138. The van der Waals surface area contributed by atoms with Gasteiger partial charge in [0.05, 0.1) is 5.92 Å². The molecule has 0 unspecified atom stereocenters. The lowest BCUT2D eigenvalue weighted by atomic mass is 9.98. The van der Waals surface area contributed by atoms with Crippen molar-refractivity contribution in [3.05, 3.63) is 23.9 Å². The molecule has 6 nitrogen and oxygen atoms in total. The van der Waals surface area contributed by atoms with Crippen LogP contribution in [0.5, 0.6) is 5.88 Å². The minimum Gasteiger partial charge on any atom is -0.474 e. The number of pyridine rings is 1. The van der Waals surface area contributed by atoms with Crippen LogP contribution in [0.4, 0.5) is 0 Å². The fraction of sp³-hybridized carbons (Fsp3) is 0.588. The number of nitrogens with zero attached hydrogens (tertiary/aromatic N) is 1. The van der Waals surface area contributed by atoms with Gasteiger partial charge >= 0.3 is 0 Å². The van der Waals surface area contributed by atoms with Crippen LogP contribution in [0.2, 0.25) is 0 Å². The first kappa shape index (κ1) is 15.8. The standard InChI is InChI=1S/C17H23N3O3/c21-15-6-5-13(11-19-15)17(22)20-10-12-7-8-18-16(9-12)23-14-3-1-2-4-14/h7-9,13-14H,1-6,10-11H2,(H,19,21)(H,20,22)/t13-/m1/s1. The number of carbonyl (C=O) groups is 2. The lowest BCUT2D eigenvalue weighted by molar-refractivity contribution is -0.129. The van der Waals surface area contributed by atoms with Crippen molar-refractivity contribution in [1.29, 1.82) is 0 Å². The van der Waals surface area contributed by atoms with Crippen molar-refractivity contribution < 1.29 is 14.3 Å². The van der Waals surface area contributed by atoms with E-state index in [1.54, 1.807) is 6.20 Å². The van der Waals surface area contributed by atoms with Gasteiger partial charge in [-0.2, -0.15) is 0 Å².